The highest BCUT2D eigenvalue weighted by atomic mass is 79.9. The first-order valence-corrected chi connectivity index (χ1v) is 5.20. The van der Waals surface area contributed by atoms with E-state index in [4.69, 9.17) is 5.11 Å². The highest BCUT2D eigenvalue weighted by Gasteiger charge is 2.18. The Balaban J connectivity index is 2.89. The van der Waals surface area contributed by atoms with Crippen molar-refractivity contribution in [2.75, 3.05) is 0 Å². The maximum Gasteiger partial charge on any atom is 0.325 e. The lowest BCUT2D eigenvalue weighted by Crippen LogP contribution is -2.38. The largest absolute Gasteiger partial charge is 0.480 e. The van der Waals surface area contributed by atoms with Crippen LogP contribution >= 0.6 is 15.9 Å². The molecule has 0 radical (unpaired) electrons. The van der Waals surface area contributed by atoms with Crippen molar-refractivity contribution in [3.05, 3.63) is 34.1 Å². The molecule has 1 atom stereocenters. The minimum Gasteiger partial charge on any atom is -0.480 e. The summed E-state index contributed by atoms with van der Waals surface area (Å²) < 4.78 is 13.1. The fourth-order valence-corrected chi connectivity index (χ4v) is 1.46. The number of rotatable bonds is 3. The molecule has 2 N–H and O–H groups in total. The first-order valence-electron chi connectivity index (χ1n) is 4.41. The van der Waals surface area contributed by atoms with E-state index in [0.717, 1.165) is 0 Å². The van der Waals surface area contributed by atoms with Crippen LogP contribution in [0.2, 0.25) is 0 Å². The Hall–Kier alpha value is -1.43. The zero-order valence-corrected chi connectivity index (χ0v) is 9.92. The number of hydrogen-bond donors (Lipinski definition) is 2. The van der Waals surface area contributed by atoms with Crippen LogP contribution in [0.4, 0.5) is 4.39 Å². The second-order valence-electron chi connectivity index (χ2n) is 3.13. The van der Waals surface area contributed by atoms with Gasteiger partial charge < -0.3 is 10.4 Å². The first kappa shape index (κ1) is 12.6. The molecule has 6 heteroatoms. The molecule has 4 nitrogen and oxygen atoms in total. The third-order valence-electron chi connectivity index (χ3n) is 1.91. The van der Waals surface area contributed by atoms with Gasteiger partial charge in [-0.2, -0.15) is 0 Å². The summed E-state index contributed by atoms with van der Waals surface area (Å²) in [5.41, 5.74) is 0.0631. The lowest BCUT2D eigenvalue weighted by Gasteiger charge is -2.10. The Labute approximate surface area is 99.6 Å². The summed E-state index contributed by atoms with van der Waals surface area (Å²) in [6, 6.07) is 2.95. The van der Waals surface area contributed by atoms with E-state index < -0.39 is 23.7 Å². The summed E-state index contributed by atoms with van der Waals surface area (Å²) in [6.07, 6.45) is 0. The van der Waals surface area contributed by atoms with E-state index in [1.807, 2.05) is 0 Å². The van der Waals surface area contributed by atoms with Crippen molar-refractivity contribution in [3.8, 4) is 0 Å². The monoisotopic (exact) mass is 289 g/mol. The molecule has 1 amide bonds. The van der Waals surface area contributed by atoms with E-state index in [2.05, 4.69) is 21.2 Å². The van der Waals surface area contributed by atoms with Crippen LogP contribution in [0, 0.1) is 5.82 Å². The highest BCUT2D eigenvalue weighted by molar-refractivity contribution is 9.10. The zero-order chi connectivity index (χ0) is 12.3. The number of carbonyl (C=O) groups excluding carboxylic acids is 1. The number of hydrogen-bond acceptors (Lipinski definition) is 2. The van der Waals surface area contributed by atoms with Crippen LogP contribution in [0.25, 0.3) is 0 Å². The number of carboxylic acid groups (broad SMARTS) is 1. The van der Waals surface area contributed by atoms with Crippen molar-refractivity contribution in [1.82, 2.24) is 5.32 Å². The summed E-state index contributed by atoms with van der Waals surface area (Å²) in [6.45, 7) is 1.33. The third kappa shape index (κ3) is 2.79. The SMILES string of the molecule is C[C@H](NC(=O)c1cccc(F)c1Br)C(=O)O. The predicted molar refractivity (Wildman–Crippen MR) is 58.7 cm³/mol. The normalized spacial score (nSPS) is 11.9. The van der Waals surface area contributed by atoms with Crippen molar-refractivity contribution in [2.24, 2.45) is 0 Å². The van der Waals surface area contributed by atoms with Crippen molar-refractivity contribution in [2.45, 2.75) is 13.0 Å². The Kier molecular flexibility index (Phi) is 4.00. The minimum atomic E-state index is -1.15. The summed E-state index contributed by atoms with van der Waals surface area (Å²) >= 11 is 2.92. The molecule has 0 saturated heterocycles. The predicted octanol–water partition coefficient (Wildman–Crippen LogP) is 1.79. The average molecular weight is 290 g/mol. The number of carboxylic acids is 1. The van der Waals surface area contributed by atoms with Gasteiger partial charge in [0.1, 0.15) is 11.9 Å². The molecule has 0 aliphatic carbocycles. The van der Waals surface area contributed by atoms with E-state index >= 15 is 0 Å². The Morgan fingerprint density at radius 1 is 1.50 bits per heavy atom. The average Bonchev–Trinajstić information content (AvgIpc) is 2.21. The minimum absolute atomic E-state index is 0.0186. The Morgan fingerprint density at radius 3 is 2.69 bits per heavy atom. The molecule has 0 fully saturated rings. The summed E-state index contributed by atoms with van der Waals surface area (Å²) in [7, 11) is 0. The van der Waals surface area contributed by atoms with Crippen LogP contribution in [0.3, 0.4) is 0 Å². The Bertz CT molecular complexity index is 436. The number of amides is 1. The van der Waals surface area contributed by atoms with Gasteiger partial charge in [0, 0.05) is 0 Å². The molecule has 0 aliphatic rings. The maximum atomic E-state index is 13.1. The van der Waals surface area contributed by atoms with Crippen LogP contribution in [-0.2, 0) is 4.79 Å². The molecule has 16 heavy (non-hydrogen) atoms. The van der Waals surface area contributed by atoms with Gasteiger partial charge in [0.05, 0.1) is 10.0 Å². The Morgan fingerprint density at radius 2 is 2.12 bits per heavy atom. The smallest absolute Gasteiger partial charge is 0.325 e. The van der Waals surface area contributed by atoms with Gasteiger partial charge in [-0.05, 0) is 35.0 Å². The van der Waals surface area contributed by atoms with Gasteiger partial charge in [0.15, 0.2) is 0 Å². The van der Waals surface area contributed by atoms with E-state index in [9.17, 15) is 14.0 Å². The lowest BCUT2D eigenvalue weighted by molar-refractivity contribution is -0.138. The molecule has 0 saturated carbocycles. The standard InChI is InChI=1S/C10H9BrFNO3/c1-5(10(15)16)13-9(14)6-3-2-4-7(12)8(6)11/h2-5H,1H3,(H,13,14)(H,15,16)/t5-/m0/s1. The second kappa shape index (κ2) is 5.07. The van der Waals surface area contributed by atoms with Gasteiger partial charge in [0.2, 0.25) is 0 Å². The molecular formula is C10H9BrFNO3. The fraction of sp³-hybridized carbons (Fsp3) is 0.200. The van der Waals surface area contributed by atoms with Gasteiger partial charge in [-0.25, -0.2) is 4.39 Å². The molecular weight excluding hydrogens is 281 g/mol. The molecule has 0 aromatic heterocycles. The van der Waals surface area contributed by atoms with Gasteiger partial charge in [-0.15, -0.1) is 0 Å². The van der Waals surface area contributed by atoms with Gasteiger partial charge >= 0.3 is 5.97 Å². The van der Waals surface area contributed by atoms with Gasteiger partial charge in [-0.3, -0.25) is 9.59 Å². The summed E-state index contributed by atoms with van der Waals surface area (Å²) in [5, 5.41) is 10.8. The van der Waals surface area contributed by atoms with E-state index in [0.29, 0.717) is 0 Å². The van der Waals surface area contributed by atoms with Crippen LogP contribution < -0.4 is 5.32 Å². The number of carbonyl (C=O) groups is 2. The first-order chi connectivity index (χ1) is 7.43. The van der Waals surface area contributed by atoms with Crippen LogP contribution in [0.1, 0.15) is 17.3 Å². The molecule has 0 aliphatic heterocycles. The van der Waals surface area contributed by atoms with Crippen molar-refractivity contribution in [1.29, 1.82) is 0 Å². The van der Waals surface area contributed by atoms with E-state index in [1.165, 1.54) is 25.1 Å². The molecule has 0 spiro atoms. The zero-order valence-electron chi connectivity index (χ0n) is 8.33. The fourth-order valence-electron chi connectivity index (χ4n) is 1.02. The molecule has 1 aromatic rings. The highest BCUT2D eigenvalue weighted by Crippen LogP contribution is 2.20. The van der Waals surface area contributed by atoms with Gasteiger partial charge in [-0.1, -0.05) is 6.07 Å². The van der Waals surface area contributed by atoms with Crippen molar-refractivity contribution >= 4 is 27.8 Å². The van der Waals surface area contributed by atoms with E-state index in [1.54, 1.807) is 0 Å². The summed E-state index contributed by atoms with van der Waals surface area (Å²) in [4.78, 5) is 22.1. The number of benzene rings is 1. The quantitative estimate of drug-likeness (QED) is 0.892. The molecule has 86 valence electrons. The molecule has 0 unspecified atom stereocenters. The maximum absolute atomic E-state index is 13.1. The lowest BCUT2D eigenvalue weighted by atomic mass is 10.2. The van der Waals surface area contributed by atoms with Crippen LogP contribution in [0.15, 0.2) is 22.7 Å². The van der Waals surface area contributed by atoms with Gasteiger partial charge in [0.25, 0.3) is 5.91 Å². The third-order valence-corrected chi connectivity index (χ3v) is 2.72. The molecule has 0 heterocycles. The van der Waals surface area contributed by atoms with Crippen LogP contribution in [-0.4, -0.2) is 23.0 Å². The van der Waals surface area contributed by atoms with Crippen LogP contribution in [0.5, 0.6) is 0 Å². The molecule has 1 aromatic carbocycles. The summed E-state index contributed by atoms with van der Waals surface area (Å²) in [5.74, 6) is -2.36. The topological polar surface area (TPSA) is 66.4 Å². The van der Waals surface area contributed by atoms with Crippen molar-refractivity contribution < 1.29 is 19.1 Å². The van der Waals surface area contributed by atoms with Crippen molar-refractivity contribution in [3.63, 3.8) is 0 Å². The number of nitrogens with one attached hydrogen (secondary N) is 1. The van der Waals surface area contributed by atoms with E-state index in [-0.39, 0.29) is 10.0 Å². The number of halogens is 2. The molecule has 1 rings (SSSR count). The molecule has 0 bridgehead atoms. The number of aliphatic carboxylic acids is 1. The second-order valence-corrected chi connectivity index (χ2v) is 3.93.